The van der Waals surface area contributed by atoms with E-state index in [4.69, 9.17) is 17.0 Å². The number of aromatic amines is 1. The molecule has 0 radical (unpaired) electrons. The fraction of sp³-hybridized carbons (Fsp3) is 0.391. The number of hydrogen-bond acceptors (Lipinski definition) is 6. The van der Waals surface area contributed by atoms with Crippen LogP contribution in [0.25, 0.3) is 17.1 Å². The summed E-state index contributed by atoms with van der Waals surface area (Å²) in [5.74, 6) is 1.77. The molecule has 0 fully saturated rings. The van der Waals surface area contributed by atoms with E-state index in [-0.39, 0.29) is 17.4 Å². The number of nitrogens with one attached hydrogen (secondary N) is 1. The predicted molar refractivity (Wildman–Crippen MR) is 126 cm³/mol. The van der Waals surface area contributed by atoms with Crippen molar-refractivity contribution in [3.8, 4) is 34.3 Å². The average Bonchev–Trinajstić information content (AvgIpc) is 3.07. The minimum absolute atomic E-state index is 0.0546. The number of aromatic nitrogens is 3. The topological polar surface area (TPSA) is 86.5 Å². The number of ether oxygens (including phenoxy) is 1. The monoisotopic (exact) mass is 442 g/mol. The Bertz CT molecular complexity index is 1130. The van der Waals surface area contributed by atoms with Crippen molar-refractivity contribution < 1.29 is 14.9 Å². The molecule has 3 N–H and O–H groups in total. The van der Waals surface area contributed by atoms with Crippen molar-refractivity contribution in [1.82, 2.24) is 14.8 Å². The van der Waals surface area contributed by atoms with Crippen molar-refractivity contribution in [2.75, 3.05) is 25.6 Å². The van der Waals surface area contributed by atoms with E-state index in [1.165, 1.54) is 6.07 Å². The van der Waals surface area contributed by atoms with Gasteiger partial charge in [0.2, 0.25) is 0 Å². The summed E-state index contributed by atoms with van der Waals surface area (Å²) in [6.07, 6.45) is 0. The number of phenols is 2. The Labute approximate surface area is 187 Å². The van der Waals surface area contributed by atoms with Crippen LogP contribution >= 0.6 is 12.2 Å². The van der Waals surface area contributed by atoms with Crippen LogP contribution in [-0.4, -0.2) is 45.7 Å². The molecule has 1 aromatic heterocycles. The second-order valence-corrected chi connectivity index (χ2v) is 8.79. The molecule has 31 heavy (non-hydrogen) atoms. The molecule has 0 aliphatic carbocycles. The second kappa shape index (κ2) is 9.01. The molecule has 0 amide bonds. The first-order chi connectivity index (χ1) is 14.6. The molecular formula is C23H30N4O3S. The van der Waals surface area contributed by atoms with Gasteiger partial charge in [-0.2, -0.15) is 5.10 Å². The van der Waals surface area contributed by atoms with E-state index >= 15 is 0 Å². The lowest BCUT2D eigenvalue weighted by molar-refractivity contribution is 0.414. The summed E-state index contributed by atoms with van der Waals surface area (Å²) in [6, 6.07) is 8.91. The SMILES string of the molecule is COc1ccc(-n2c(-c3cc(C(C)C)c(O)cc3O)n[nH]c2=S)cc1N(C)CC(C)C. The van der Waals surface area contributed by atoms with Crippen LogP contribution in [0.5, 0.6) is 17.2 Å². The summed E-state index contributed by atoms with van der Waals surface area (Å²) in [6.45, 7) is 9.15. The van der Waals surface area contributed by atoms with Crippen molar-refractivity contribution in [1.29, 1.82) is 0 Å². The van der Waals surface area contributed by atoms with E-state index in [2.05, 4.69) is 28.9 Å². The molecule has 8 heteroatoms. The predicted octanol–water partition coefficient (Wildman–Crippen LogP) is 5.23. The molecular weight excluding hydrogens is 412 g/mol. The lowest BCUT2D eigenvalue weighted by atomic mass is 9.98. The van der Waals surface area contributed by atoms with Gasteiger partial charge in [-0.1, -0.05) is 27.7 Å². The van der Waals surface area contributed by atoms with Crippen LogP contribution in [0, 0.1) is 10.7 Å². The van der Waals surface area contributed by atoms with Crippen LogP contribution in [0.3, 0.4) is 0 Å². The summed E-state index contributed by atoms with van der Waals surface area (Å²) < 4.78 is 7.75. The third kappa shape index (κ3) is 4.54. The molecule has 0 spiro atoms. The standard InChI is InChI=1S/C23H30N4O3S/c1-13(2)12-26(5)18-9-15(7-8-21(18)30-6)27-22(24-25-23(27)31)17-10-16(14(3)4)19(28)11-20(17)29/h7-11,13-14,28-29H,12H2,1-6H3,(H,25,31). The van der Waals surface area contributed by atoms with E-state index < -0.39 is 0 Å². The highest BCUT2D eigenvalue weighted by Gasteiger charge is 2.20. The first-order valence-electron chi connectivity index (χ1n) is 10.3. The van der Waals surface area contributed by atoms with Crippen molar-refractivity contribution in [3.63, 3.8) is 0 Å². The number of phenolic OH excluding ortho intramolecular Hbond substituents is 2. The van der Waals surface area contributed by atoms with E-state index in [1.54, 1.807) is 17.7 Å². The summed E-state index contributed by atoms with van der Waals surface area (Å²) in [7, 11) is 3.68. The molecule has 1 heterocycles. The maximum atomic E-state index is 10.6. The molecule has 0 aliphatic heterocycles. The summed E-state index contributed by atoms with van der Waals surface area (Å²) in [4.78, 5) is 2.14. The fourth-order valence-electron chi connectivity index (χ4n) is 3.71. The number of anilines is 1. The van der Waals surface area contributed by atoms with Gasteiger partial charge in [-0.05, 0) is 53.9 Å². The summed E-state index contributed by atoms with van der Waals surface area (Å²) in [5, 5.41) is 28.0. The van der Waals surface area contributed by atoms with Gasteiger partial charge in [0, 0.05) is 19.7 Å². The maximum absolute atomic E-state index is 10.6. The smallest absolute Gasteiger partial charge is 0.200 e. The molecule has 0 aliphatic rings. The zero-order valence-electron chi connectivity index (χ0n) is 18.8. The third-order valence-electron chi connectivity index (χ3n) is 5.15. The molecule has 0 unspecified atom stereocenters. The zero-order chi connectivity index (χ0) is 22.9. The third-order valence-corrected chi connectivity index (χ3v) is 5.43. The highest BCUT2D eigenvalue weighted by atomic mass is 32.1. The number of aromatic hydroxyl groups is 2. The highest BCUT2D eigenvalue weighted by Crippen LogP contribution is 2.38. The Morgan fingerprint density at radius 2 is 1.84 bits per heavy atom. The molecule has 0 atom stereocenters. The van der Waals surface area contributed by atoms with Crippen LogP contribution in [0.4, 0.5) is 5.69 Å². The Hall–Kier alpha value is -3.00. The minimum Gasteiger partial charge on any atom is -0.508 e. The molecule has 0 saturated heterocycles. The van der Waals surface area contributed by atoms with Crippen LogP contribution in [-0.2, 0) is 0 Å². The van der Waals surface area contributed by atoms with Crippen molar-refractivity contribution in [3.05, 3.63) is 40.7 Å². The van der Waals surface area contributed by atoms with E-state index in [1.807, 2.05) is 39.1 Å². The van der Waals surface area contributed by atoms with Gasteiger partial charge in [0.25, 0.3) is 0 Å². The average molecular weight is 443 g/mol. The number of hydrogen-bond donors (Lipinski definition) is 3. The van der Waals surface area contributed by atoms with E-state index in [9.17, 15) is 10.2 Å². The normalized spacial score (nSPS) is 11.4. The molecule has 0 bridgehead atoms. The zero-order valence-corrected chi connectivity index (χ0v) is 19.6. The Morgan fingerprint density at radius 3 is 2.45 bits per heavy atom. The van der Waals surface area contributed by atoms with Gasteiger partial charge in [0.15, 0.2) is 10.6 Å². The van der Waals surface area contributed by atoms with Gasteiger partial charge in [-0.3, -0.25) is 9.67 Å². The molecule has 3 rings (SSSR count). The van der Waals surface area contributed by atoms with Gasteiger partial charge in [0.05, 0.1) is 24.0 Å². The second-order valence-electron chi connectivity index (χ2n) is 8.40. The van der Waals surface area contributed by atoms with Gasteiger partial charge in [-0.15, -0.1) is 0 Å². The lowest BCUT2D eigenvalue weighted by Crippen LogP contribution is -2.23. The van der Waals surface area contributed by atoms with Gasteiger partial charge >= 0.3 is 0 Å². The van der Waals surface area contributed by atoms with Crippen LogP contribution in [0.1, 0.15) is 39.2 Å². The molecule has 2 aromatic carbocycles. The minimum atomic E-state index is -0.0668. The van der Waals surface area contributed by atoms with Crippen molar-refractivity contribution in [2.24, 2.45) is 5.92 Å². The molecule has 0 saturated carbocycles. The Morgan fingerprint density at radius 1 is 1.13 bits per heavy atom. The van der Waals surface area contributed by atoms with Crippen molar-refractivity contribution >= 4 is 17.9 Å². The van der Waals surface area contributed by atoms with Gasteiger partial charge < -0.3 is 19.8 Å². The summed E-state index contributed by atoms with van der Waals surface area (Å²) in [5.41, 5.74) is 2.93. The van der Waals surface area contributed by atoms with Gasteiger partial charge in [0.1, 0.15) is 17.2 Å². The number of rotatable bonds is 7. The van der Waals surface area contributed by atoms with Crippen molar-refractivity contribution in [2.45, 2.75) is 33.6 Å². The fourth-order valence-corrected chi connectivity index (χ4v) is 3.95. The van der Waals surface area contributed by atoms with Crippen LogP contribution < -0.4 is 9.64 Å². The molecule has 7 nitrogen and oxygen atoms in total. The van der Waals surface area contributed by atoms with E-state index in [0.717, 1.165) is 29.2 Å². The highest BCUT2D eigenvalue weighted by molar-refractivity contribution is 7.71. The lowest BCUT2D eigenvalue weighted by Gasteiger charge is -2.24. The first kappa shape index (κ1) is 22.7. The quantitative estimate of drug-likeness (QED) is 0.434. The molecule has 166 valence electrons. The number of benzene rings is 2. The largest absolute Gasteiger partial charge is 0.508 e. The van der Waals surface area contributed by atoms with Crippen LogP contribution in [0.15, 0.2) is 30.3 Å². The number of H-pyrrole nitrogens is 1. The summed E-state index contributed by atoms with van der Waals surface area (Å²) >= 11 is 5.52. The maximum Gasteiger partial charge on any atom is 0.200 e. The van der Waals surface area contributed by atoms with Crippen LogP contribution in [0.2, 0.25) is 0 Å². The Kier molecular flexibility index (Phi) is 6.59. The number of nitrogens with zero attached hydrogens (tertiary/aromatic N) is 3. The van der Waals surface area contributed by atoms with Gasteiger partial charge in [-0.25, -0.2) is 0 Å². The van der Waals surface area contributed by atoms with E-state index in [0.29, 0.717) is 22.1 Å². The molecule has 3 aromatic rings. The Balaban J connectivity index is 2.19. The number of methoxy groups -OCH3 is 1. The first-order valence-corrected chi connectivity index (χ1v) is 10.7.